The van der Waals surface area contributed by atoms with E-state index < -0.39 is 16.9 Å². The Balaban J connectivity index is 2.29. The molecule has 0 radical (unpaired) electrons. The first kappa shape index (κ1) is 19.0. The molecule has 0 saturated carbocycles. The molecular weight excluding hydrogens is 360 g/mol. The van der Waals surface area contributed by atoms with Crippen molar-refractivity contribution in [2.24, 2.45) is 0 Å². The molecule has 1 amide bonds. The van der Waals surface area contributed by atoms with Crippen molar-refractivity contribution < 1.29 is 19.2 Å². The number of carbonyl (C=O) groups excluding carboxylic acids is 2. The first-order valence-electron chi connectivity index (χ1n) is 8.58. The summed E-state index contributed by atoms with van der Waals surface area (Å²) in [5.74, 6) is -0.535. The van der Waals surface area contributed by atoms with Crippen molar-refractivity contribution >= 4 is 28.3 Å². The lowest BCUT2D eigenvalue weighted by Gasteiger charge is -2.23. The zero-order valence-corrected chi connectivity index (χ0v) is 15.3. The highest BCUT2D eigenvalue weighted by atomic mass is 16.6. The number of hydrogen-bond acceptors (Lipinski definition) is 5. The number of ether oxygens (including phenoxy) is 1. The second-order valence-corrected chi connectivity index (χ2v) is 6.28. The van der Waals surface area contributed by atoms with Crippen LogP contribution in [-0.4, -0.2) is 16.8 Å². The quantitative estimate of drug-likeness (QED) is 0.314. The molecule has 0 heterocycles. The Morgan fingerprint density at radius 3 is 2.46 bits per heavy atom. The molecular formula is C21H18N2O5. The van der Waals surface area contributed by atoms with Crippen LogP contribution in [0.25, 0.3) is 10.8 Å². The predicted octanol–water partition coefficient (Wildman–Crippen LogP) is 3.90. The molecule has 0 aromatic heterocycles. The maximum Gasteiger partial charge on any atom is 0.308 e. The van der Waals surface area contributed by atoms with E-state index in [9.17, 15) is 19.7 Å². The van der Waals surface area contributed by atoms with Crippen molar-refractivity contribution in [1.29, 1.82) is 0 Å². The molecule has 3 rings (SSSR count). The van der Waals surface area contributed by atoms with Crippen LogP contribution < -0.4 is 10.1 Å². The van der Waals surface area contributed by atoms with Crippen molar-refractivity contribution in [2.75, 3.05) is 0 Å². The topological polar surface area (TPSA) is 98.5 Å². The standard InChI is InChI=1S/C21H18N2O5/c1-13(24)22-21(16-7-5-8-17(12-16)23(26)27)20-18-9-4-3-6-15(18)10-11-19(20)28-14(2)25/h3-12,21H,1-2H3,(H,22,24)/t21-/m0/s1. The maximum atomic E-state index is 11.9. The van der Waals surface area contributed by atoms with Gasteiger partial charge >= 0.3 is 5.97 Å². The molecule has 0 aliphatic carbocycles. The Hall–Kier alpha value is -3.74. The summed E-state index contributed by atoms with van der Waals surface area (Å²) in [5, 5.41) is 15.7. The van der Waals surface area contributed by atoms with E-state index in [1.54, 1.807) is 18.2 Å². The number of fused-ring (bicyclic) bond motifs is 1. The van der Waals surface area contributed by atoms with E-state index in [4.69, 9.17) is 4.74 Å². The number of non-ortho nitro benzene ring substituents is 1. The highest BCUT2D eigenvalue weighted by Crippen LogP contribution is 2.37. The van der Waals surface area contributed by atoms with Gasteiger partial charge in [-0.05, 0) is 22.4 Å². The number of benzene rings is 3. The molecule has 0 bridgehead atoms. The van der Waals surface area contributed by atoms with E-state index >= 15 is 0 Å². The van der Waals surface area contributed by atoms with Crippen LogP contribution in [0.2, 0.25) is 0 Å². The van der Waals surface area contributed by atoms with Gasteiger partial charge in [-0.1, -0.05) is 42.5 Å². The fraction of sp³-hybridized carbons (Fsp3) is 0.143. The number of nitro groups is 1. The second kappa shape index (κ2) is 7.87. The second-order valence-electron chi connectivity index (χ2n) is 6.28. The molecule has 142 valence electrons. The van der Waals surface area contributed by atoms with E-state index in [-0.39, 0.29) is 17.3 Å². The third-order valence-electron chi connectivity index (χ3n) is 4.24. The van der Waals surface area contributed by atoms with Crippen LogP contribution in [0.15, 0.2) is 60.7 Å². The van der Waals surface area contributed by atoms with Gasteiger partial charge in [0.25, 0.3) is 5.69 Å². The van der Waals surface area contributed by atoms with Gasteiger partial charge in [0.2, 0.25) is 5.91 Å². The van der Waals surface area contributed by atoms with Crippen LogP contribution in [0.5, 0.6) is 5.75 Å². The molecule has 7 nitrogen and oxygen atoms in total. The Bertz CT molecular complexity index is 1080. The fourth-order valence-electron chi connectivity index (χ4n) is 3.16. The number of esters is 1. The monoisotopic (exact) mass is 378 g/mol. The third kappa shape index (κ3) is 3.98. The van der Waals surface area contributed by atoms with Crippen molar-refractivity contribution in [3.8, 4) is 5.75 Å². The summed E-state index contributed by atoms with van der Waals surface area (Å²) >= 11 is 0. The van der Waals surface area contributed by atoms with Gasteiger partial charge in [-0.3, -0.25) is 19.7 Å². The van der Waals surface area contributed by atoms with Crippen LogP contribution >= 0.6 is 0 Å². The summed E-state index contributed by atoms with van der Waals surface area (Å²) in [6, 6.07) is 16.2. The van der Waals surface area contributed by atoms with Crippen LogP contribution in [0.4, 0.5) is 5.69 Å². The summed E-state index contributed by atoms with van der Waals surface area (Å²) in [5.41, 5.74) is 0.972. The average Bonchev–Trinajstić information content (AvgIpc) is 2.66. The molecule has 0 fully saturated rings. The smallest absolute Gasteiger partial charge is 0.308 e. The molecule has 3 aromatic carbocycles. The summed E-state index contributed by atoms with van der Waals surface area (Å²) < 4.78 is 5.39. The molecule has 0 spiro atoms. The normalized spacial score (nSPS) is 11.6. The van der Waals surface area contributed by atoms with Gasteiger partial charge < -0.3 is 10.1 Å². The lowest BCUT2D eigenvalue weighted by molar-refractivity contribution is -0.384. The van der Waals surface area contributed by atoms with E-state index in [1.165, 1.54) is 26.0 Å². The zero-order valence-electron chi connectivity index (χ0n) is 15.3. The van der Waals surface area contributed by atoms with Crippen LogP contribution in [0.3, 0.4) is 0 Å². The summed E-state index contributed by atoms with van der Waals surface area (Å²) in [7, 11) is 0. The SMILES string of the molecule is CC(=O)N[C@@H](c1cccc([N+](=O)[O-])c1)c1c(OC(C)=O)ccc2ccccc12. The van der Waals surface area contributed by atoms with E-state index in [1.807, 2.05) is 30.3 Å². The van der Waals surface area contributed by atoms with Gasteiger partial charge in [-0.15, -0.1) is 0 Å². The lowest BCUT2D eigenvalue weighted by atomic mass is 9.92. The lowest BCUT2D eigenvalue weighted by Crippen LogP contribution is -2.28. The van der Waals surface area contributed by atoms with Crippen LogP contribution in [0.1, 0.15) is 31.0 Å². The number of carbonyl (C=O) groups is 2. The Labute approximate surface area is 161 Å². The summed E-state index contributed by atoms with van der Waals surface area (Å²) in [6.45, 7) is 2.65. The number of nitro benzene ring substituents is 1. The number of nitrogens with one attached hydrogen (secondary N) is 1. The molecule has 0 unspecified atom stereocenters. The first-order valence-corrected chi connectivity index (χ1v) is 8.58. The molecule has 0 aliphatic rings. The van der Waals surface area contributed by atoms with Crippen molar-refractivity contribution in [3.63, 3.8) is 0 Å². The highest BCUT2D eigenvalue weighted by molar-refractivity contribution is 5.90. The minimum atomic E-state index is -0.738. The van der Waals surface area contributed by atoms with Gasteiger partial charge in [0.1, 0.15) is 5.75 Å². The zero-order chi connectivity index (χ0) is 20.3. The van der Waals surface area contributed by atoms with Gasteiger partial charge in [0, 0.05) is 31.5 Å². The molecule has 0 aliphatic heterocycles. The third-order valence-corrected chi connectivity index (χ3v) is 4.24. The molecule has 7 heteroatoms. The molecule has 28 heavy (non-hydrogen) atoms. The highest BCUT2D eigenvalue weighted by Gasteiger charge is 2.24. The van der Waals surface area contributed by atoms with Crippen molar-refractivity contribution in [1.82, 2.24) is 5.32 Å². The Kier molecular flexibility index (Phi) is 5.35. The minimum Gasteiger partial charge on any atom is -0.426 e. The van der Waals surface area contributed by atoms with E-state index in [0.29, 0.717) is 11.1 Å². The fourth-order valence-corrected chi connectivity index (χ4v) is 3.16. The summed E-state index contributed by atoms with van der Waals surface area (Å²) in [6.07, 6.45) is 0. The van der Waals surface area contributed by atoms with Crippen LogP contribution in [0, 0.1) is 10.1 Å². The first-order chi connectivity index (χ1) is 13.4. The van der Waals surface area contributed by atoms with Gasteiger partial charge in [-0.25, -0.2) is 0 Å². The number of nitrogens with zero attached hydrogens (tertiary/aromatic N) is 1. The molecule has 1 N–H and O–H groups in total. The predicted molar refractivity (Wildman–Crippen MR) is 104 cm³/mol. The van der Waals surface area contributed by atoms with Crippen LogP contribution in [-0.2, 0) is 9.59 Å². The van der Waals surface area contributed by atoms with Gasteiger partial charge in [0.05, 0.1) is 11.0 Å². The molecule has 1 atom stereocenters. The van der Waals surface area contributed by atoms with Crippen molar-refractivity contribution in [3.05, 3.63) is 81.9 Å². The molecule has 0 saturated heterocycles. The summed E-state index contributed by atoms with van der Waals surface area (Å²) in [4.78, 5) is 34.3. The molecule has 3 aromatic rings. The number of hydrogen-bond donors (Lipinski definition) is 1. The van der Waals surface area contributed by atoms with Gasteiger partial charge in [0.15, 0.2) is 0 Å². The minimum absolute atomic E-state index is 0.0953. The van der Waals surface area contributed by atoms with Crippen molar-refractivity contribution in [2.45, 2.75) is 19.9 Å². The Morgan fingerprint density at radius 1 is 1.04 bits per heavy atom. The number of amides is 1. The van der Waals surface area contributed by atoms with E-state index in [2.05, 4.69) is 5.32 Å². The number of rotatable bonds is 5. The van der Waals surface area contributed by atoms with E-state index in [0.717, 1.165) is 10.8 Å². The Morgan fingerprint density at radius 2 is 1.79 bits per heavy atom. The largest absolute Gasteiger partial charge is 0.426 e. The average molecular weight is 378 g/mol. The maximum absolute atomic E-state index is 11.9. The van der Waals surface area contributed by atoms with Gasteiger partial charge in [-0.2, -0.15) is 0 Å².